The van der Waals surface area contributed by atoms with E-state index in [0.29, 0.717) is 0 Å². The second-order valence-corrected chi connectivity index (χ2v) is 21.6. The van der Waals surface area contributed by atoms with Gasteiger partial charge in [-0.25, -0.2) is 0 Å². The molecule has 0 saturated heterocycles. The monoisotopic (exact) mass is 766 g/mol. The van der Waals surface area contributed by atoms with Crippen molar-refractivity contribution in [2.24, 2.45) is 21.7 Å². The van der Waals surface area contributed by atoms with E-state index in [2.05, 4.69) is 193 Å². The molecule has 0 spiro atoms. The third-order valence-corrected chi connectivity index (χ3v) is 13.6. The number of rotatable bonds is 4. The van der Waals surface area contributed by atoms with Gasteiger partial charge in [-0.3, -0.25) is 0 Å². The van der Waals surface area contributed by atoms with Crippen molar-refractivity contribution >= 4 is 65.5 Å². The first-order chi connectivity index (χ1) is 25.6. The number of aryl methyl sites for hydroxylation is 1. The van der Waals surface area contributed by atoms with Crippen LogP contribution >= 0.6 is 23.1 Å². The van der Waals surface area contributed by atoms with Crippen molar-refractivity contribution in [3.63, 3.8) is 0 Å². The number of thiophene rings is 1. The molecule has 1 heterocycles. The van der Waals surface area contributed by atoms with E-state index in [1.54, 1.807) is 0 Å². The molecular formula is C51H58O2S2. The van der Waals surface area contributed by atoms with Crippen molar-refractivity contribution in [2.45, 2.75) is 110 Å². The first kappa shape index (κ1) is 40.9. The van der Waals surface area contributed by atoms with Crippen LogP contribution in [-0.4, -0.2) is 25.4 Å². The fraction of sp³-hybridized carbons (Fsp3) is 0.412. The minimum atomic E-state index is -0.727. The van der Waals surface area contributed by atoms with Gasteiger partial charge in [0.2, 0.25) is 0 Å². The van der Waals surface area contributed by atoms with Crippen LogP contribution in [0.1, 0.15) is 99.8 Å². The van der Waals surface area contributed by atoms with Gasteiger partial charge in [0.1, 0.15) is 11.2 Å². The third-order valence-electron chi connectivity index (χ3n) is 11.4. The molecule has 6 aromatic rings. The van der Waals surface area contributed by atoms with Crippen LogP contribution in [-0.2, 0) is 9.47 Å². The average Bonchev–Trinajstić information content (AvgIpc) is 3.46. The van der Waals surface area contributed by atoms with Crippen LogP contribution in [0.25, 0.3) is 42.4 Å². The predicted octanol–water partition coefficient (Wildman–Crippen LogP) is 14.5. The lowest BCUT2D eigenvalue weighted by atomic mass is 9.62. The van der Waals surface area contributed by atoms with Crippen molar-refractivity contribution in [2.75, 3.05) is 14.2 Å². The van der Waals surface area contributed by atoms with E-state index >= 15 is 0 Å². The minimum Gasteiger partial charge on any atom is -0.364 e. The molecule has 0 N–H and O–H groups in total. The van der Waals surface area contributed by atoms with Gasteiger partial charge in [0.15, 0.2) is 0 Å². The molecule has 0 radical (unpaired) electrons. The number of methoxy groups -OCH3 is 2. The summed E-state index contributed by atoms with van der Waals surface area (Å²) in [6.07, 6.45) is 0. The van der Waals surface area contributed by atoms with Gasteiger partial charge in [0, 0.05) is 62.0 Å². The Morgan fingerprint density at radius 1 is 0.509 bits per heavy atom. The molecule has 55 heavy (non-hydrogen) atoms. The standard InChI is InChI=1S/C51H58O2S2/c1-33-19-18-22-37(27-33)54-45-31-36-30-42-38(23-25-50(52-14,46(2,3)4)47(5,6)7)40-28-34-20-16-17-21-35(34)29-41(40)39(43(42)32-44(36)55-45)24-26-51(53-15,48(8,9)10)49(11,12)13/h16-22,27-32H,1-15H3. The van der Waals surface area contributed by atoms with E-state index in [9.17, 15) is 0 Å². The maximum absolute atomic E-state index is 6.49. The normalized spacial score (nSPS) is 13.3. The van der Waals surface area contributed by atoms with Gasteiger partial charge in [-0.05, 0) is 81.7 Å². The zero-order valence-corrected chi connectivity index (χ0v) is 37.3. The van der Waals surface area contributed by atoms with Crippen LogP contribution in [0.15, 0.2) is 88.0 Å². The summed E-state index contributed by atoms with van der Waals surface area (Å²) < 4.78 is 15.5. The van der Waals surface area contributed by atoms with Gasteiger partial charge < -0.3 is 9.47 Å². The van der Waals surface area contributed by atoms with Crippen molar-refractivity contribution in [3.05, 3.63) is 95.6 Å². The Balaban J connectivity index is 1.80. The summed E-state index contributed by atoms with van der Waals surface area (Å²) in [4.78, 5) is 1.24. The van der Waals surface area contributed by atoms with E-state index < -0.39 is 11.2 Å². The molecule has 1 aromatic heterocycles. The Kier molecular flexibility index (Phi) is 10.6. The van der Waals surface area contributed by atoms with Crippen molar-refractivity contribution in [1.82, 2.24) is 0 Å². The first-order valence-electron chi connectivity index (χ1n) is 19.3. The zero-order chi connectivity index (χ0) is 40.4. The van der Waals surface area contributed by atoms with Crippen LogP contribution in [0.2, 0.25) is 0 Å². The van der Waals surface area contributed by atoms with Crippen LogP contribution in [0.4, 0.5) is 0 Å². The smallest absolute Gasteiger partial charge is 0.138 e. The topological polar surface area (TPSA) is 18.5 Å². The first-order valence-corrected chi connectivity index (χ1v) is 21.0. The molecule has 0 aliphatic carbocycles. The number of hydrogen-bond donors (Lipinski definition) is 0. The highest BCUT2D eigenvalue weighted by Crippen LogP contribution is 2.49. The summed E-state index contributed by atoms with van der Waals surface area (Å²) >= 11 is 3.65. The fourth-order valence-corrected chi connectivity index (χ4v) is 11.5. The zero-order valence-electron chi connectivity index (χ0n) is 35.6. The average molecular weight is 767 g/mol. The maximum atomic E-state index is 6.49. The van der Waals surface area contributed by atoms with Gasteiger partial charge in [-0.15, -0.1) is 11.3 Å². The van der Waals surface area contributed by atoms with Crippen LogP contribution in [0, 0.1) is 52.3 Å². The third kappa shape index (κ3) is 7.22. The van der Waals surface area contributed by atoms with E-state index in [4.69, 9.17) is 9.47 Å². The molecule has 0 amide bonds. The van der Waals surface area contributed by atoms with Crippen LogP contribution in [0.5, 0.6) is 0 Å². The lowest BCUT2D eigenvalue weighted by Crippen LogP contribution is -2.53. The highest BCUT2D eigenvalue weighted by molar-refractivity contribution is 8.01. The summed E-state index contributed by atoms with van der Waals surface area (Å²) in [6, 6.07) is 29.0. The quantitative estimate of drug-likeness (QED) is 0.131. The molecule has 0 aliphatic heterocycles. The highest BCUT2D eigenvalue weighted by Gasteiger charge is 2.51. The Labute approximate surface area is 338 Å². The number of benzene rings is 5. The second-order valence-electron chi connectivity index (χ2n) is 19.2. The molecular weight excluding hydrogens is 709 g/mol. The molecule has 0 bridgehead atoms. The fourth-order valence-electron chi connectivity index (χ4n) is 9.16. The van der Waals surface area contributed by atoms with Crippen LogP contribution in [0.3, 0.4) is 0 Å². The van der Waals surface area contributed by atoms with Crippen molar-refractivity contribution < 1.29 is 9.47 Å². The van der Waals surface area contributed by atoms with Gasteiger partial charge in [-0.1, -0.05) is 160 Å². The summed E-state index contributed by atoms with van der Waals surface area (Å²) in [5, 5.41) is 7.93. The van der Waals surface area contributed by atoms with Crippen LogP contribution < -0.4 is 0 Å². The Bertz CT molecular complexity index is 2370. The minimum absolute atomic E-state index is 0.261. The molecule has 6 rings (SSSR count). The van der Waals surface area contributed by atoms with Gasteiger partial charge in [0.05, 0.1) is 4.21 Å². The van der Waals surface area contributed by atoms with E-state index in [0.717, 1.165) is 32.7 Å². The molecule has 5 aromatic carbocycles. The molecule has 286 valence electrons. The largest absolute Gasteiger partial charge is 0.364 e. The molecule has 0 unspecified atom stereocenters. The second kappa shape index (κ2) is 14.3. The van der Waals surface area contributed by atoms with E-state index in [-0.39, 0.29) is 21.7 Å². The molecule has 0 aliphatic rings. The predicted molar refractivity (Wildman–Crippen MR) is 241 cm³/mol. The van der Waals surface area contributed by atoms with Gasteiger partial charge >= 0.3 is 0 Å². The summed E-state index contributed by atoms with van der Waals surface area (Å²) in [5.74, 6) is 15.3. The molecule has 2 nitrogen and oxygen atoms in total. The highest BCUT2D eigenvalue weighted by atomic mass is 32.2. The number of fused-ring (bicyclic) bond motifs is 4. The maximum Gasteiger partial charge on any atom is 0.138 e. The lowest BCUT2D eigenvalue weighted by Gasteiger charge is -2.48. The Morgan fingerprint density at radius 2 is 0.945 bits per heavy atom. The van der Waals surface area contributed by atoms with Gasteiger partial charge in [-0.2, -0.15) is 0 Å². The Morgan fingerprint density at radius 3 is 1.36 bits per heavy atom. The summed E-state index contributed by atoms with van der Waals surface area (Å²) in [7, 11) is 3.62. The molecule has 0 fully saturated rings. The SMILES string of the molecule is COC(C#Cc1c2cc3ccccc3cc2c(C#CC(OC)(C(C)(C)C)C(C)(C)C)c2cc3sc(Sc4cccc(C)c4)cc3cc12)(C(C)(C)C)C(C)(C)C. The van der Waals surface area contributed by atoms with Crippen molar-refractivity contribution in [3.8, 4) is 23.7 Å². The molecule has 0 atom stereocenters. The molecule has 0 saturated carbocycles. The van der Waals surface area contributed by atoms with Gasteiger partial charge in [0.25, 0.3) is 0 Å². The summed E-state index contributed by atoms with van der Waals surface area (Å²) in [6.45, 7) is 28.9. The van der Waals surface area contributed by atoms with E-state index in [1.165, 1.54) is 35.5 Å². The molecule has 4 heteroatoms. The Hall–Kier alpha value is -3.77. The summed E-state index contributed by atoms with van der Waals surface area (Å²) in [5.41, 5.74) is 0.770. The number of hydrogen-bond acceptors (Lipinski definition) is 4. The number of ether oxygens (including phenoxy) is 2. The van der Waals surface area contributed by atoms with Crippen molar-refractivity contribution in [1.29, 1.82) is 0 Å². The van der Waals surface area contributed by atoms with E-state index in [1.807, 2.05) is 37.3 Å². The lowest BCUT2D eigenvalue weighted by molar-refractivity contribution is -0.116.